The van der Waals surface area contributed by atoms with E-state index in [1.54, 1.807) is 18.0 Å². The van der Waals surface area contributed by atoms with Crippen LogP contribution in [0.3, 0.4) is 0 Å². The molecule has 0 aromatic carbocycles. The highest BCUT2D eigenvalue weighted by atomic mass is 16.5. The first-order chi connectivity index (χ1) is 14.1. The first-order valence-corrected chi connectivity index (χ1v) is 9.72. The third-order valence-electron chi connectivity index (χ3n) is 5.65. The maximum atomic E-state index is 5.66. The van der Waals surface area contributed by atoms with Crippen molar-refractivity contribution in [3.05, 3.63) is 54.1 Å². The molecule has 29 heavy (non-hydrogen) atoms. The van der Waals surface area contributed by atoms with Gasteiger partial charge in [0, 0.05) is 43.5 Å². The van der Waals surface area contributed by atoms with E-state index in [1.807, 2.05) is 49.5 Å². The van der Waals surface area contributed by atoms with Crippen molar-refractivity contribution in [2.45, 2.75) is 25.2 Å². The van der Waals surface area contributed by atoms with Crippen LogP contribution in [0.15, 0.2) is 37.1 Å². The van der Waals surface area contributed by atoms with Gasteiger partial charge >= 0.3 is 0 Å². The lowest BCUT2D eigenvalue weighted by atomic mass is 9.85. The number of hydrogen-bond donors (Lipinski definition) is 0. The number of rotatable bonds is 3. The number of aromatic nitrogens is 6. The van der Waals surface area contributed by atoms with Gasteiger partial charge in [0.05, 0.1) is 31.3 Å². The molecule has 4 aromatic heterocycles. The minimum Gasteiger partial charge on any atom is -0.494 e. The summed E-state index contributed by atoms with van der Waals surface area (Å²) in [7, 11) is 5.61. The fourth-order valence-corrected chi connectivity index (χ4v) is 3.78. The Morgan fingerprint density at radius 2 is 1.90 bits per heavy atom. The van der Waals surface area contributed by atoms with Crippen LogP contribution in [0.1, 0.15) is 42.3 Å². The summed E-state index contributed by atoms with van der Waals surface area (Å²) < 4.78 is 11.4. The van der Waals surface area contributed by atoms with E-state index < -0.39 is 0 Å². The molecule has 5 rings (SSSR count). The molecule has 7 nitrogen and oxygen atoms in total. The van der Waals surface area contributed by atoms with Crippen LogP contribution in [-0.2, 0) is 14.1 Å². The van der Waals surface area contributed by atoms with Gasteiger partial charge in [-0.05, 0) is 24.8 Å². The maximum absolute atomic E-state index is 5.66. The summed E-state index contributed by atoms with van der Waals surface area (Å²) in [5.74, 6) is 8.97. The van der Waals surface area contributed by atoms with Gasteiger partial charge in [-0.25, -0.2) is 9.50 Å². The predicted octanol–water partition coefficient (Wildman–Crippen LogP) is 3.14. The van der Waals surface area contributed by atoms with Gasteiger partial charge in [-0.1, -0.05) is 12.3 Å². The SMILES string of the molecule is COc1cc(-c2cnn(C)c2)cn2ncc(C#Cc3cnc(C4CCC4)n3C)c12. The quantitative estimate of drug-likeness (QED) is 0.508. The first-order valence-electron chi connectivity index (χ1n) is 9.72. The topological polar surface area (TPSA) is 62.2 Å². The maximum Gasteiger partial charge on any atom is 0.146 e. The molecule has 1 aliphatic rings. The van der Waals surface area contributed by atoms with Gasteiger partial charge in [-0.15, -0.1) is 0 Å². The molecule has 0 unspecified atom stereocenters. The van der Waals surface area contributed by atoms with E-state index in [9.17, 15) is 0 Å². The fourth-order valence-electron chi connectivity index (χ4n) is 3.78. The fraction of sp³-hybridized carbons (Fsp3) is 0.318. The molecule has 4 heterocycles. The van der Waals surface area contributed by atoms with Gasteiger partial charge < -0.3 is 9.30 Å². The Kier molecular flexibility index (Phi) is 4.13. The number of ether oxygens (including phenoxy) is 1. The molecule has 7 heteroatoms. The lowest BCUT2D eigenvalue weighted by molar-refractivity contribution is 0.393. The van der Waals surface area contributed by atoms with E-state index >= 15 is 0 Å². The van der Waals surface area contributed by atoms with Gasteiger partial charge in [0.15, 0.2) is 0 Å². The molecule has 1 aliphatic carbocycles. The van der Waals surface area contributed by atoms with Crippen LogP contribution in [0.5, 0.6) is 5.75 Å². The smallest absolute Gasteiger partial charge is 0.146 e. The van der Waals surface area contributed by atoms with Crippen LogP contribution in [0, 0.1) is 11.8 Å². The zero-order valence-electron chi connectivity index (χ0n) is 16.8. The second kappa shape index (κ2) is 6.82. The minimum absolute atomic E-state index is 0.582. The molecule has 0 amide bonds. The van der Waals surface area contributed by atoms with Gasteiger partial charge in [-0.2, -0.15) is 10.2 Å². The average molecular weight is 386 g/mol. The van der Waals surface area contributed by atoms with Crippen molar-refractivity contribution in [1.82, 2.24) is 28.9 Å². The molecular formula is C22H22N6O. The molecule has 0 radical (unpaired) electrons. The summed E-state index contributed by atoms with van der Waals surface area (Å²) in [6.45, 7) is 0. The average Bonchev–Trinajstić information content (AvgIpc) is 3.38. The molecular weight excluding hydrogens is 364 g/mol. The Morgan fingerprint density at radius 1 is 1.03 bits per heavy atom. The molecule has 1 saturated carbocycles. The molecule has 0 saturated heterocycles. The number of hydrogen-bond acceptors (Lipinski definition) is 4. The summed E-state index contributed by atoms with van der Waals surface area (Å²) >= 11 is 0. The van der Waals surface area contributed by atoms with Crippen molar-refractivity contribution < 1.29 is 4.74 Å². The molecule has 0 bridgehead atoms. The van der Waals surface area contributed by atoms with Gasteiger partial charge in [0.1, 0.15) is 22.8 Å². The highest BCUT2D eigenvalue weighted by Gasteiger charge is 2.24. The Morgan fingerprint density at radius 3 is 2.59 bits per heavy atom. The van der Waals surface area contributed by atoms with Gasteiger partial charge in [0.25, 0.3) is 0 Å². The van der Waals surface area contributed by atoms with Crippen molar-refractivity contribution in [1.29, 1.82) is 0 Å². The predicted molar refractivity (Wildman–Crippen MR) is 110 cm³/mol. The Hall–Kier alpha value is -3.53. The number of fused-ring (bicyclic) bond motifs is 1. The first kappa shape index (κ1) is 17.6. The van der Waals surface area contributed by atoms with Crippen molar-refractivity contribution in [2.24, 2.45) is 14.1 Å². The van der Waals surface area contributed by atoms with E-state index in [4.69, 9.17) is 4.74 Å². The number of methoxy groups -OCH3 is 1. The van der Waals surface area contributed by atoms with Crippen LogP contribution >= 0.6 is 0 Å². The molecule has 0 spiro atoms. The monoisotopic (exact) mass is 386 g/mol. The van der Waals surface area contributed by atoms with Crippen molar-refractivity contribution in [2.75, 3.05) is 7.11 Å². The Bertz CT molecular complexity index is 1260. The largest absolute Gasteiger partial charge is 0.494 e. The number of aryl methyl sites for hydroxylation is 1. The van der Waals surface area contributed by atoms with Gasteiger partial charge in [0.2, 0.25) is 0 Å². The van der Waals surface area contributed by atoms with E-state index in [1.165, 1.54) is 19.3 Å². The Labute approximate surface area is 168 Å². The van der Waals surface area contributed by atoms with Crippen LogP contribution in [0.2, 0.25) is 0 Å². The lowest BCUT2D eigenvalue weighted by Crippen LogP contribution is -2.14. The van der Waals surface area contributed by atoms with E-state index in [0.717, 1.165) is 39.5 Å². The number of pyridine rings is 1. The van der Waals surface area contributed by atoms with Crippen LogP contribution in [-0.4, -0.2) is 36.1 Å². The second-order valence-corrected chi connectivity index (χ2v) is 7.49. The summed E-state index contributed by atoms with van der Waals surface area (Å²) in [5, 5.41) is 8.74. The summed E-state index contributed by atoms with van der Waals surface area (Å²) in [5.41, 5.74) is 4.59. The van der Waals surface area contributed by atoms with Crippen LogP contribution in [0.25, 0.3) is 16.6 Å². The number of imidazole rings is 1. The second-order valence-electron chi connectivity index (χ2n) is 7.49. The zero-order chi connectivity index (χ0) is 20.0. The summed E-state index contributed by atoms with van der Waals surface area (Å²) in [6.07, 6.45) is 13.1. The van der Waals surface area contributed by atoms with Crippen molar-refractivity contribution in [3.63, 3.8) is 0 Å². The highest BCUT2D eigenvalue weighted by Crippen LogP contribution is 2.35. The highest BCUT2D eigenvalue weighted by molar-refractivity contribution is 5.75. The summed E-state index contributed by atoms with van der Waals surface area (Å²) in [6, 6.07) is 2.00. The lowest BCUT2D eigenvalue weighted by Gasteiger charge is -2.24. The van der Waals surface area contributed by atoms with Gasteiger partial charge in [-0.3, -0.25) is 4.68 Å². The zero-order valence-corrected chi connectivity index (χ0v) is 16.8. The van der Waals surface area contributed by atoms with Crippen molar-refractivity contribution in [3.8, 4) is 28.7 Å². The third-order valence-corrected chi connectivity index (χ3v) is 5.65. The molecule has 0 N–H and O–H groups in total. The third kappa shape index (κ3) is 2.97. The minimum atomic E-state index is 0.582. The Balaban J connectivity index is 1.54. The van der Waals surface area contributed by atoms with Crippen molar-refractivity contribution >= 4 is 5.52 Å². The number of nitrogens with zero attached hydrogens (tertiary/aromatic N) is 6. The van der Waals surface area contributed by atoms with E-state index in [-0.39, 0.29) is 0 Å². The molecule has 4 aromatic rings. The normalized spacial score (nSPS) is 13.9. The van der Waals surface area contributed by atoms with Crippen LogP contribution < -0.4 is 4.74 Å². The molecule has 0 atom stereocenters. The standard InChI is InChI=1S/C22H22N6O/c1-26-13-18(11-24-26)17-9-20(29-3)21-16(10-25-28(21)14-17)7-8-19-12-23-22(27(19)2)15-5-4-6-15/h9-15H,4-6H2,1-3H3. The van der Waals surface area contributed by atoms with E-state index in [0.29, 0.717) is 5.92 Å². The molecule has 146 valence electrons. The van der Waals surface area contributed by atoms with E-state index in [2.05, 4.69) is 31.6 Å². The molecule has 0 aliphatic heterocycles. The summed E-state index contributed by atoms with van der Waals surface area (Å²) in [4.78, 5) is 4.59. The van der Waals surface area contributed by atoms with Crippen LogP contribution in [0.4, 0.5) is 0 Å². The molecule has 1 fully saturated rings.